The van der Waals surface area contributed by atoms with Gasteiger partial charge in [-0.05, 0) is 37.0 Å². The van der Waals surface area contributed by atoms with Crippen molar-refractivity contribution in [1.82, 2.24) is 29.5 Å². The zero-order valence-corrected chi connectivity index (χ0v) is 21.3. The minimum atomic E-state index is 0.668. The molecule has 4 aromatic heterocycles. The molecule has 0 saturated heterocycles. The fraction of sp³-hybridized carbons (Fsp3) is 0.333. The molecule has 8 nitrogen and oxygen atoms in total. The van der Waals surface area contributed by atoms with Crippen LogP contribution in [0.25, 0.3) is 32.6 Å². The number of ether oxygens (including phenoxy) is 1. The summed E-state index contributed by atoms with van der Waals surface area (Å²) in [6.07, 6.45) is 16.1. The summed E-state index contributed by atoms with van der Waals surface area (Å²) in [4.78, 5) is 9.51. The number of aryl methyl sites for hydroxylation is 2. The van der Waals surface area contributed by atoms with Crippen molar-refractivity contribution in [1.29, 1.82) is 0 Å². The van der Waals surface area contributed by atoms with Gasteiger partial charge in [-0.1, -0.05) is 30.6 Å². The number of rotatable bonds is 7. The summed E-state index contributed by atoms with van der Waals surface area (Å²) in [5, 5.41) is 13.2. The largest absolute Gasteiger partial charge is 0.456 e. The summed E-state index contributed by atoms with van der Waals surface area (Å²) in [5.41, 5.74) is 4.69. The fourth-order valence-electron chi connectivity index (χ4n) is 4.86. The van der Waals surface area contributed by atoms with Crippen LogP contribution >= 0.6 is 11.3 Å². The number of hydrogen-bond acceptors (Lipinski definition) is 7. The number of fused-ring (bicyclic) bond motifs is 1. The Morgan fingerprint density at radius 1 is 0.944 bits per heavy atom. The van der Waals surface area contributed by atoms with Crippen LogP contribution in [0.4, 0.5) is 5.13 Å². The van der Waals surface area contributed by atoms with Gasteiger partial charge in [-0.3, -0.25) is 14.3 Å². The van der Waals surface area contributed by atoms with Gasteiger partial charge in [-0.15, -0.1) is 0 Å². The highest BCUT2D eigenvalue weighted by molar-refractivity contribution is 7.22. The zero-order valence-electron chi connectivity index (χ0n) is 20.5. The molecular formula is C27H29N7OS. The maximum atomic E-state index is 6.26. The van der Waals surface area contributed by atoms with Crippen molar-refractivity contribution >= 4 is 26.7 Å². The molecule has 0 spiro atoms. The average molecular weight is 500 g/mol. The highest BCUT2D eigenvalue weighted by Crippen LogP contribution is 2.36. The van der Waals surface area contributed by atoms with E-state index < -0.39 is 0 Å². The summed E-state index contributed by atoms with van der Waals surface area (Å²) in [6.45, 7) is 1.01. The Morgan fingerprint density at radius 2 is 1.72 bits per heavy atom. The molecule has 9 heteroatoms. The molecule has 0 amide bonds. The standard InChI is InChI=1S/C27H29N7OS/c1-33-16-19(13-30-33)23-10-22(15-28-26(23)20-14-31-34(2)17-20)35-21-8-9-24-25(11-21)36-27(32-24)29-12-18-6-4-3-5-7-18/h8-11,13-18H,3-7,12H2,1-2H3,(H,29,32). The molecule has 0 bridgehead atoms. The Balaban J connectivity index is 1.24. The number of thiazole rings is 1. The summed E-state index contributed by atoms with van der Waals surface area (Å²) in [7, 11) is 3.81. The molecule has 1 aliphatic rings. The number of anilines is 1. The van der Waals surface area contributed by atoms with E-state index in [1.807, 2.05) is 57.1 Å². The first-order valence-electron chi connectivity index (χ1n) is 12.4. The van der Waals surface area contributed by atoms with Crippen LogP contribution in [0.3, 0.4) is 0 Å². The van der Waals surface area contributed by atoms with Crippen molar-refractivity contribution in [3.8, 4) is 33.9 Å². The van der Waals surface area contributed by atoms with Crippen LogP contribution in [0, 0.1) is 5.92 Å². The predicted octanol–water partition coefficient (Wildman–Crippen LogP) is 6.28. The molecule has 5 aromatic rings. The number of aromatic nitrogens is 6. The molecule has 0 radical (unpaired) electrons. The predicted molar refractivity (Wildman–Crippen MR) is 143 cm³/mol. The SMILES string of the molecule is Cn1cc(-c2cc(Oc3ccc4nc(NCC5CCCCC5)sc4c3)cnc2-c2cnn(C)c2)cn1. The molecule has 1 aromatic carbocycles. The molecule has 0 aliphatic heterocycles. The third-order valence-electron chi connectivity index (χ3n) is 6.72. The van der Waals surface area contributed by atoms with Crippen molar-refractivity contribution in [2.45, 2.75) is 32.1 Å². The van der Waals surface area contributed by atoms with Gasteiger partial charge in [-0.2, -0.15) is 10.2 Å². The minimum Gasteiger partial charge on any atom is -0.456 e. The average Bonchev–Trinajstić information content (AvgIpc) is 3.62. The molecule has 0 atom stereocenters. The van der Waals surface area contributed by atoms with Crippen LogP contribution in [0.15, 0.2) is 55.2 Å². The minimum absolute atomic E-state index is 0.668. The Kier molecular flexibility index (Phi) is 6.14. The number of nitrogens with zero attached hydrogens (tertiary/aromatic N) is 6. The van der Waals surface area contributed by atoms with Crippen LogP contribution in [-0.2, 0) is 14.1 Å². The fourth-order valence-corrected chi connectivity index (χ4v) is 5.76. The first-order valence-corrected chi connectivity index (χ1v) is 13.2. The molecule has 1 fully saturated rings. The van der Waals surface area contributed by atoms with Gasteiger partial charge in [0.1, 0.15) is 11.5 Å². The lowest BCUT2D eigenvalue weighted by Crippen LogP contribution is -2.16. The van der Waals surface area contributed by atoms with Gasteiger partial charge in [0, 0.05) is 55.8 Å². The number of benzene rings is 1. The van der Waals surface area contributed by atoms with Crippen LogP contribution in [-0.4, -0.2) is 36.1 Å². The number of hydrogen-bond donors (Lipinski definition) is 1. The Bertz CT molecular complexity index is 1500. The third-order valence-corrected chi connectivity index (χ3v) is 7.69. The smallest absolute Gasteiger partial charge is 0.183 e. The Morgan fingerprint density at radius 3 is 2.47 bits per heavy atom. The summed E-state index contributed by atoms with van der Waals surface area (Å²) in [5.74, 6) is 2.19. The maximum Gasteiger partial charge on any atom is 0.183 e. The van der Waals surface area contributed by atoms with E-state index >= 15 is 0 Å². The van der Waals surface area contributed by atoms with Crippen molar-refractivity contribution in [2.24, 2.45) is 20.0 Å². The van der Waals surface area contributed by atoms with Crippen LogP contribution < -0.4 is 10.1 Å². The van der Waals surface area contributed by atoms with Crippen molar-refractivity contribution < 1.29 is 4.74 Å². The van der Waals surface area contributed by atoms with Gasteiger partial charge in [0.25, 0.3) is 0 Å². The number of pyridine rings is 1. The van der Waals surface area contributed by atoms with Gasteiger partial charge >= 0.3 is 0 Å². The van der Waals surface area contributed by atoms with Crippen molar-refractivity contribution in [3.05, 3.63) is 55.2 Å². The van der Waals surface area contributed by atoms with Crippen LogP contribution in [0.2, 0.25) is 0 Å². The lowest BCUT2D eigenvalue weighted by molar-refractivity contribution is 0.373. The van der Waals surface area contributed by atoms with E-state index in [-0.39, 0.29) is 0 Å². The van der Waals surface area contributed by atoms with Gasteiger partial charge < -0.3 is 10.1 Å². The Labute approximate surface area is 214 Å². The molecule has 6 rings (SSSR count). The summed E-state index contributed by atoms with van der Waals surface area (Å²) < 4.78 is 10.9. The van der Waals surface area contributed by atoms with E-state index in [2.05, 4.69) is 21.6 Å². The summed E-state index contributed by atoms with van der Waals surface area (Å²) in [6, 6.07) is 8.05. The van der Waals surface area contributed by atoms with E-state index in [0.29, 0.717) is 5.75 Å². The van der Waals surface area contributed by atoms with Gasteiger partial charge in [0.15, 0.2) is 5.13 Å². The molecule has 1 N–H and O–H groups in total. The number of nitrogens with one attached hydrogen (secondary N) is 1. The van der Waals surface area contributed by atoms with Crippen LogP contribution in [0.1, 0.15) is 32.1 Å². The van der Waals surface area contributed by atoms with Gasteiger partial charge in [0.05, 0.1) is 34.5 Å². The second-order valence-electron chi connectivity index (χ2n) is 9.51. The molecule has 1 aliphatic carbocycles. The first kappa shape index (κ1) is 22.7. The van der Waals surface area contributed by atoms with E-state index in [9.17, 15) is 0 Å². The molecule has 36 heavy (non-hydrogen) atoms. The first-order chi connectivity index (χ1) is 17.6. The van der Waals surface area contributed by atoms with E-state index in [4.69, 9.17) is 14.7 Å². The molecular weight excluding hydrogens is 470 g/mol. The zero-order chi connectivity index (χ0) is 24.5. The lowest BCUT2D eigenvalue weighted by atomic mass is 9.89. The molecule has 1 saturated carbocycles. The lowest BCUT2D eigenvalue weighted by Gasteiger charge is -2.21. The maximum absolute atomic E-state index is 6.26. The highest BCUT2D eigenvalue weighted by Gasteiger charge is 2.16. The normalized spacial score (nSPS) is 14.4. The Hall–Kier alpha value is -3.72. The van der Waals surface area contributed by atoms with Crippen LogP contribution in [0.5, 0.6) is 11.5 Å². The molecule has 0 unspecified atom stereocenters. The second kappa shape index (κ2) is 9.73. The quantitative estimate of drug-likeness (QED) is 0.284. The van der Waals surface area contributed by atoms with Crippen molar-refractivity contribution in [3.63, 3.8) is 0 Å². The monoisotopic (exact) mass is 499 g/mol. The molecule has 4 heterocycles. The van der Waals surface area contributed by atoms with Gasteiger partial charge in [0.2, 0.25) is 0 Å². The highest BCUT2D eigenvalue weighted by atomic mass is 32.1. The van der Waals surface area contributed by atoms with E-state index in [0.717, 1.165) is 55.9 Å². The van der Waals surface area contributed by atoms with Gasteiger partial charge in [-0.25, -0.2) is 4.98 Å². The third kappa shape index (κ3) is 4.83. The summed E-state index contributed by atoms with van der Waals surface area (Å²) >= 11 is 1.68. The van der Waals surface area contributed by atoms with Crippen molar-refractivity contribution in [2.75, 3.05) is 11.9 Å². The molecule has 184 valence electrons. The van der Waals surface area contributed by atoms with E-state index in [1.165, 1.54) is 32.1 Å². The second-order valence-corrected chi connectivity index (χ2v) is 10.5. The topological polar surface area (TPSA) is 82.7 Å². The van der Waals surface area contributed by atoms with E-state index in [1.54, 1.807) is 26.9 Å².